The molecule has 2 rings (SSSR count). The molecule has 0 aromatic heterocycles. The van der Waals surface area contributed by atoms with Crippen LogP contribution < -0.4 is 19.1 Å². The topological polar surface area (TPSA) is 105 Å². The zero-order valence-electron chi connectivity index (χ0n) is 23.0. The van der Waals surface area contributed by atoms with Crippen LogP contribution in [0.4, 0.5) is 5.69 Å². The number of nitrogens with one attached hydrogen (secondary N) is 1. The van der Waals surface area contributed by atoms with Crippen molar-refractivity contribution in [3.63, 3.8) is 0 Å². The van der Waals surface area contributed by atoms with Crippen LogP contribution in [0.2, 0.25) is 0 Å². The molecule has 2 aromatic carbocycles. The van der Waals surface area contributed by atoms with Crippen LogP contribution in [0.25, 0.3) is 0 Å². The van der Waals surface area contributed by atoms with Crippen LogP contribution in [0.5, 0.6) is 11.5 Å². The summed E-state index contributed by atoms with van der Waals surface area (Å²) in [5, 5.41) is 2.95. The quantitative estimate of drug-likeness (QED) is 0.474. The van der Waals surface area contributed by atoms with Crippen molar-refractivity contribution in [3.8, 4) is 11.5 Å². The highest BCUT2D eigenvalue weighted by Gasteiger charge is 2.33. The van der Waals surface area contributed by atoms with Gasteiger partial charge in [-0.1, -0.05) is 25.1 Å². The first-order valence-electron chi connectivity index (χ1n) is 12.1. The first-order valence-corrected chi connectivity index (χ1v) is 13.9. The summed E-state index contributed by atoms with van der Waals surface area (Å²) in [4.78, 5) is 28.5. The van der Waals surface area contributed by atoms with E-state index in [4.69, 9.17) is 9.47 Å². The van der Waals surface area contributed by atoms with Crippen LogP contribution >= 0.6 is 0 Å². The second-order valence-corrected chi connectivity index (χ2v) is 11.9. The number of anilines is 1. The average molecular weight is 534 g/mol. The van der Waals surface area contributed by atoms with Gasteiger partial charge in [0.1, 0.15) is 24.1 Å². The Morgan fingerprint density at radius 3 is 2.27 bits per heavy atom. The molecule has 10 heteroatoms. The van der Waals surface area contributed by atoms with Crippen LogP contribution in [-0.2, 0) is 26.2 Å². The molecule has 0 aliphatic rings. The minimum Gasteiger partial charge on any atom is -0.497 e. The number of nitrogens with zero attached hydrogens (tertiary/aromatic N) is 2. The molecule has 0 radical (unpaired) electrons. The molecule has 0 bridgehead atoms. The number of carbonyl (C=O) groups is 2. The van der Waals surface area contributed by atoms with Crippen LogP contribution in [0, 0.1) is 6.92 Å². The number of carbonyl (C=O) groups excluding carboxylic acids is 2. The zero-order valence-corrected chi connectivity index (χ0v) is 23.8. The van der Waals surface area contributed by atoms with Crippen LogP contribution in [0.1, 0.15) is 45.2 Å². The Bertz CT molecular complexity index is 1210. The minimum absolute atomic E-state index is 0.0919. The van der Waals surface area contributed by atoms with E-state index in [1.165, 1.54) is 12.0 Å². The van der Waals surface area contributed by atoms with Crippen molar-refractivity contribution in [3.05, 3.63) is 53.6 Å². The van der Waals surface area contributed by atoms with Crippen molar-refractivity contribution in [1.82, 2.24) is 10.2 Å². The van der Waals surface area contributed by atoms with E-state index in [1.54, 1.807) is 43.5 Å². The third kappa shape index (κ3) is 8.38. The van der Waals surface area contributed by atoms with E-state index in [0.29, 0.717) is 17.9 Å². The Morgan fingerprint density at radius 1 is 1.05 bits per heavy atom. The van der Waals surface area contributed by atoms with Gasteiger partial charge >= 0.3 is 0 Å². The molecular formula is C27H39N3O6S. The lowest BCUT2D eigenvalue weighted by molar-refractivity contribution is -0.141. The van der Waals surface area contributed by atoms with Crippen LogP contribution in [0.15, 0.2) is 42.5 Å². The number of benzene rings is 2. The standard InChI is InChI=1S/C27H39N3O6S/c1-9-22(26(32)28-27(3,4)5)29(17-20-11-10-12-21(16-20)35-6)25(31)18-30(37(8,33)34)23-15-19(2)13-14-24(23)36-7/h10-16,22H,9,17-18H2,1-8H3,(H,28,32). The molecule has 0 saturated heterocycles. The van der Waals surface area contributed by atoms with Gasteiger partial charge in [0.05, 0.1) is 26.2 Å². The molecule has 0 spiro atoms. The van der Waals surface area contributed by atoms with E-state index in [2.05, 4.69) is 5.32 Å². The predicted octanol–water partition coefficient (Wildman–Crippen LogP) is 3.50. The fourth-order valence-electron chi connectivity index (χ4n) is 3.93. The lowest BCUT2D eigenvalue weighted by Crippen LogP contribution is -2.55. The van der Waals surface area contributed by atoms with Crippen molar-refractivity contribution >= 4 is 27.5 Å². The molecule has 204 valence electrons. The molecule has 1 atom stereocenters. The lowest BCUT2D eigenvalue weighted by Gasteiger charge is -2.34. The van der Waals surface area contributed by atoms with Crippen molar-refractivity contribution < 1.29 is 27.5 Å². The summed E-state index contributed by atoms with van der Waals surface area (Å²) in [5.74, 6) is 0.0954. The van der Waals surface area contributed by atoms with E-state index in [-0.39, 0.29) is 18.1 Å². The van der Waals surface area contributed by atoms with Crippen molar-refractivity contribution in [2.45, 2.75) is 59.2 Å². The first kappa shape index (κ1) is 30.0. The molecule has 0 fully saturated rings. The number of sulfonamides is 1. The number of ether oxygens (including phenoxy) is 2. The fourth-order valence-corrected chi connectivity index (χ4v) is 4.77. The van der Waals surface area contributed by atoms with Gasteiger partial charge in [0, 0.05) is 12.1 Å². The number of aryl methyl sites for hydroxylation is 1. The number of amides is 2. The summed E-state index contributed by atoms with van der Waals surface area (Å²) in [6, 6.07) is 11.5. The molecule has 0 heterocycles. The fraction of sp³-hybridized carbons (Fsp3) is 0.481. The molecule has 0 aliphatic heterocycles. The minimum atomic E-state index is -3.88. The van der Waals surface area contributed by atoms with E-state index < -0.39 is 34.1 Å². The van der Waals surface area contributed by atoms with E-state index in [9.17, 15) is 18.0 Å². The molecule has 1 unspecified atom stereocenters. The van der Waals surface area contributed by atoms with Gasteiger partial charge in [-0.3, -0.25) is 13.9 Å². The Hall–Kier alpha value is -3.27. The summed E-state index contributed by atoms with van der Waals surface area (Å²) in [6.07, 6.45) is 1.38. The summed E-state index contributed by atoms with van der Waals surface area (Å²) in [7, 11) is -0.887. The van der Waals surface area contributed by atoms with Gasteiger partial charge in [0.15, 0.2) is 0 Å². The second-order valence-electron chi connectivity index (χ2n) is 9.98. The van der Waals surface area contributed by atoms with Crippen molar-refractivity contribution in [1.29, 1.82) is 0 Å². The van der Waals surface area contributed by atoms with Crippen molar-refractivity contribution in [2.75, 3.05) is 31.3 Å². The Morgan fingerprint density at radius 2 is 1.73 bits per heavy atom. The van der Waals surface area contributed by atoms with Gasteiger partial charge < -0.3 is 19.7 Å². The largest absolute Gasteiger partial charge is 0.497 e. The zero-order chi connectivity index (χ0) is 28.0. The highest BCUT2D eigenvalue weighted by atomic mass is 32.2. The van der Waals surface area contributed by atoms with E-state index >= 15 is 0 Å². The smallest absolute Gasteiger partial charge is 0.244 e. The van der Waals surface area contributed by atoms with E-state index in [0.717, 1.165) is 21.7 Å². The molecule has 0 aliphatic carbocycles. The molecular weight excluding hydrogens is 494 g/mol. The third-order valence-corrected chi connectivity index (χ3v) is 6.78. The van der Waals surface area contributed by atoms with Crippen LogP contribution in [-0.4, -0.2) is 63.7 Å². The third-order valence-electron chi connectivity index (χ3n) is 5.65. The lowest BCUT2D eigenvalue weighted by atomic mass is 10.1. The Balaban J connectivity index is 2.55. The van der Waals surface area contributed by atoms with Crippen LogP contribution in [0.3, 0.4) is 0 Å². The monoisotopic (exact) mass is 533 g/mol. The second kappa shape index (κ2) is 12.3. The normalized spacial score (nSPS) is 12.4. The van der Waals surface area contributed by atoms with Gasteiger partial charge in [0.25, 0.3) is 0 Å². The Labute approximate surface area is 220 Å². The number of hydrogen-bond donors (Lipinski definition) is 1. The summed E-state index contributed by atoms with van der Waals surface area (Å²) in [6.45, 7) is 8.82. The first-order chi connectivity index (χ1) is 17.2. The number of methoxy groups -OCH3 is 2. The SMILES string of the molecule is CCC(C(=O)NC(C)(C)C)N(Cc1cccc(OC)c1)C(=O)CN(c1cc(C)ccc1OC)S(C)(=O)=O. The maximum atomic E-state index is 13.9. The maximum Gasteiger partial charge on any atom is 0.244 e. The molecule has 2 aromatic rings. The van der Waals surface area contributed by atoms with E-state index in [1.807, 2.05) is 40.7 Å². The van der Waals surface area contributed by atoms with Gasteiger partial charge in [-0.05, 0) is 69.5 Å². The summed E-state index contributed by atoms with van der Waals surface area (Å²) < 4.78 is 37.5. The summed E-state index contributed by atoms with van der Waals surface area (Å²) in [5.41, 5.74) is 1.30. The highest BCUT2D eigenvalue weighted by Crippen LogP contribution is 2.31. The maximum absolute atomic E-state index is 13.9. The number of rotatable bonds is 11. The predicted molar refractivity (Wildman–Crippen MR) is 145 cm³/mol. The molecule has 9 nitrogen and oxygen atoms in total. The molecule has 37 heavy (non-hydrogen) atoms. The van der Waals surface area contributed by atoms with Gasteiger partial charge in [-0.25, -0.2) is 8.42 Å². The molecule has 0 saturated carbocycles. The molecule has 1 N–H and O–H groups in total. The molecule has 2 amide bonds. The summed E-state index contributed by atoms with van der Waals surface area (Å²) >= 11 is 0. The van der Waals surface area contributed by atoms with Gasteiger partial charge in [0.2, 0.25) is 21.8 Å². The Kier molecular flexibility index (Phi) is 9.97. The van der Waals surface area contributed by atoms with Gasteiger partial charge in [-0.15, -0.1) is 0 Å². The highest BCUT2D eigenvalue weighted by molar-refractivity contribution is 7.92. The van der Waals surface area contributed by atoms with Crippen molar-refractivity contribution in [2.24, 2.45) is 0 Å². The number of hydrogen-bond acceptors (Lipinski definition) is 6. The van der Waals surface area contributed by atoms with Gasteiger partial charge in [-0.2, -0.15) is 0 Å². The average Bonchev–Trinajstić information content (AvgIpc) is 2.80.